The van der Waals surface area contributed by atoms with Crippen LogP contribution in [0.1, 0.15) is 25.0 Å². The van der Waals surface area contributed by atoms with E-state index in [4.69, 9.17) is 0 Å². The van der Waals surface area contributed by atoms with E-state index in [1.54, 1.807) is 0 Å². The first kappa shape index (κ1) is 35.7. The van der Waals surface area contributed by atoms with E-state index in [2.05, 4.69) is 243 Å². The van der Waals surface area contributed by atoms with Crippen LogP contribution in [-0.2, 0) is 5.41 Å². The molecule has 0 unspecified atom stereocenters. The number of nitrogens with zero attached hydrogens (tertiary/aromatic N) is 1. The van der Waals surface area contributed by atoms with Gasteiger partial charge in [-0.15, -0.1) is 0 Å². The Labute approximate surface area is 352 Å². The molecule has 11 rings (SSSR count). The molecule has 0 fully saturated rings. The largest absolute Gasteiger partial charge is 0.309 e. The van der Waals surface area contributed by atoms with Crippen LogP contribution in [0.15, 0.2) is 224 Å². The predicted octanol–water partition coefficient (Wildman–Crippen LogP) is 16.4. The summed E-state index contributed by atoms with van der Waals surface area (Å²) < 4.78 is 0. The van der Waals surface area contributed by atoms with Crippen molar-refractivity contribution < 1.29 is 0 Å². The van der Waals surface area contributed by atoms with Crippen LogP contribution in [0.2, 0.25) is 0 Å². The molecule has 0 heterocycles. The lowest BCUT2D eigenvalue weighted by Crippen LogP contribution is -2.16. The minimum Gasteiger partial charge on any atom is -0.309 e. The molecule has 0 saturated carbocycles. The van der Waals surface area contributed by atoms with Gasteiger partial charge in [0.1, 0.15) is 0 Å². The third-order valence-corrected chi connectivity index (χ3v) is 12.7. The van der Waals surface area contributed by atoms with Crippen molar-refractivity contribution >= 4 is 38.6 Å². The van der Waals surface area contributed by atoms with Gasteiger partial charge in [0.05, 0.1) is 11.4 Å². The van der Waals surface area contributed by atoms with Crippen molar-refractivity contribution in [2.24, 2.45) is 0 Å². The van der Waals surface area contributed by atoms with Crippen LogP contribution in [0.25, 0.3) is 77.2 Å². The van der Waals surface area contributed by atoms with Crippen molar-refractivity contribution in [1.29, 1.82) is 0 Å². The summed E-state index contributed by atoms with van der Waals surface area (Å²) in [7, 11) is 0. The molecule has 1 heteroatoms. The lowest BCUT2D eigenvalue weighted by Gasteiger charge is -2.30. The van der Waals surface area contributed by atoms with Crippen LogP contribution in [0.4, 0.5) is 17.1 Å². The van der Waals surface area contributed by atoms with E-state index in [9.17, 15) is 0 Å². The molecule has 0 aliphatic heterocycles. The van der Waals surface area contributed by atoms with Gasteiger partial charge in [-0.25, -0.2) is 0 Å². The lowest BCUT2D eigenvalue weighted by atomic mass is 9.82. The Morgan fingerprint density at radius 3 is 1.57 bits per heavy atom. The fraction of sp³-hybridized carbons (Fsp3) is 0.0508. The highest BCUT2D eigenvalue weighted by Gasteiger charge is 2.38. The number of hydrogen-bond donors (Lipinski definition) is 0. The maximum Gasteiger partial charge on any atom is 0.0543 e. The first-order chi connectivity index (χ1) is 29.5. The Balaban J connectivity index is 1.01. The van der Waals surface area contributed by atoms with Crippen molar-refractivity contribution in [3.05, 3.63) is 236 Å². The van der Waals surface area contributed by atoms with Crippen LogP contribution in [-0.4, -0.2) is 0 Å². The molecule has 0 bridgehead atoms. The molecule has 0 saturated heterocycles. The predicted molar refractivity (Wildman–Crippen MR) is 255 cm³/mol. The fourth-order valence-corrected chi connectivity index (χ4v) is 9.58. The van der Waals surface area contributed by atoms with Crippen molar-refractivity contribution in [3.63, 3.8) is 0 Å². The van der Waals surface area contributed by atoms with Crippen molar-refractivity contribution in [3.8, 4) is 55.6 Å². The Morgan fingerprint density at radius 2 is 0.800 bits per heavy atom. The smallest absolute Gasteiger partial charge is 0.0543 e. The maximum absolute atomic E-state index is 2.48. The second kappa shape index (κ2) is 14.4. The van der Waals surface area contributed by atoms with E-state index in [-0.39, 0.29) is 5.41 Å². The van der Waals surface area contributed by atoms with Gasteiger partial charge in [0.25, 0.3) is 0 Å². The Hall–Kier alpha value is -7.48. The molecule has 0 aromatic heterocycles. The van der Waals surface area contributed by atoms with Crippen LogP contribution in [0, 0.1) is 0 Å². The van der Waals surface area contributed by atoms with E-state index in [0.29, 0.717) is 0 Å². The molecule has 1 aliphatic rings. The van der Waals surface area contributed by atoms with Crippen LogP contribution in [0.3, 0.4) is 0 Å². The number of rotatable bonds is 7. The average molecular weight is 766 g/mol. The summed E-state index contributed by atoms with van der Waals surface area (Å²) in [6, 6.07) is 82.4. The molecule has 10 aromatic carbocycles. The Kier molecular flexibility index (Phi) is 8.57. The SMILES string of the molecule is CC1(C)c2ccccc2-c2c(N(c3ccc(-c4ccc(-c5cccc6ccccc56)cc4)cc3)c3ccccc3-c3ccc(-c4ccc5ccccc5c4)cc3)cccc21. The first-order valence-electron chi connectivity index (χ1n) is 20.9. The summed E-state index contributed by atoms with van der Waals surface area (Å²) >= 11 is 0. The second-order valence-corrected chi connectivity index (χ2v) is 16.5. The number of para-hydroxylation sites is 1. The highest BCUT2D eigenvalue weighted by molar-refractivity contribution is 5.99. The van der Waals surface area contributed by atoms with Gasteiger partial charge < -0.3 is 4.90 Å². The minimum atomic E-state index is -0.117. The third-order valence-electron chi connectivity index (χ3n) is 12.7. The molecule has 0 atom stereocenters. The molecular weight excluding hydrogens is 723 g/mol. The zero-order valence-corrected chi connectivity index (χ0v) is 33.8. The van der Waals surface area contributed by atoms with E-state index in [1.807, 2.05) is 0 Å². The Bertz CT molecular complexity index is 3200. The summed E-state index contributed by atoms with van der Waals surface area (Å²) in [5.41, 5.74) is 18.3. The highest BCUT2D eigenvalue weighted by Crippen LogP contribution is 2.55. The minimum absolute atomic E-state index is 0.117. The van der Waals surface area contributed by atoms with Crippen LogP contribution >= 0.6 is 0 Å². The normalized spacial score (nSPS) is 12.6. The quantitative estimate of drug-likeness (QED) is 0.156. The van der Waals surface area contributed by atoms with E-state index < -0.39 is 0 Å². The Morgan fingerprint density at radius 1 is 0.317 bits per heavy atom. The molecule has 0 amide bonds. The number of fused-ring (bicyclic) bond motifs is 5. The van der Waals surface area contributed by atoms with Gasteiger partial charge in [-0.2, -0.15) is 0 Å². The molecule has 1 nitrogen and oxygen atoms in total. The standard InChI is InChI=1S/C59H43N/c1-59(2)54-21-9-7-19-53(54)58-55(59)22-12-24-57(58)60(49-37-35-42(36-38-49)41-25-30-45(31-26-41)51-20-11-16-44-14-5-6-17-50(44)51)56-23-10-8-18-52(56)46-32-27-43(28-33-46)48-34-29-40-13-3-4-15-47(40)39-48/h3-39H,1-2H3. The van der Waals surface area contributed by atoms with Crippen LogP contribution < -0.4 is 4.90 Å². The van der Waals surface area contributed by atoms with Gasteiger partial charge in [-0.05, 0) is 108 Å². The number of benzene rings is 10. The topological polar surface area (TPSA) is 3.24 Å². The zero-order chi connectivity index (χ0) is 40.2. The van der Waals surface area contributed by atoms with Gasteiger partial charge in [0.2, 0.25) is 0 Å². The van der Waals surface area contributed by atoms with E-state index >= 15 is 0 Å². The van der Waals surface area contributed by atoms with E-state index in [0.717, 1.165) is 11.4 Å². The maximum atomic E-state index is 2.48. The summed E-state index contributed by atoms with van der Waals surface area (Å²) in [6.07, 6.45) is 0. The molecule has 284 valence electrons. The summed E-state index contributed by atoms with van der Waals surface area (Å²) in [6.45, 7) is 4.72. The van der Waals surface area contributed by atoms with E-state index in [1.165, 1.54) is 94.0 Å². The zero-order valence-electron chi connectivity index (χ0n) is 33.8. The van der Waals surface area contributed by atoms with Gasteiger partial charge in [0, 0.05) is 22.2 Å². The van der Waals surface area contributed by atoms with Crippen molar-refractivity contribution in [1.82, 2.24) is 0 Å². The molecule has 60 heavy (non-hydrogen) atoms. The third kappa shape index (κ3) is 6.01. The number of hydrogen-bond acceptors (Lipinski definition) is 1. The van der Waals surface area contributed by atoms with Gasteiger partial charge >= 0.3 is 0 Å². The molecular formula is C59H43N. The first-order valence-corrected chi connectivity index (χ1v) is 20.9. The second-order valence-electron chi connectivity index (χ2n) is 16.5. The van der Waals surface area contributed by atoms with Crippen molar-refractivity contribution in [2.75, 3.05) is 4.90 Å². The summed E-state index contributed by atoms with van der Waals surface area (Å²) in [4.78, 5) is 2.48. The van der Waals surface area contributed by atoms with Gasteiger partial charge in [0.15, 0.2) is 0 Å². The summed E-state index contributed by atoms with van der Waals surface area (Å²) in [5.74, 6) is 0. The van der Waals surface area contributed by atoms with Crippen LogP contribution in [0.5, 0.6) is 0 Å². The number of anilines is 3. The van der Waals surface area contributed by atoms with Gasteiger partial charge in [-0.3, -0.25) is 0 Å². The molecule has 10 aromatic rings. The fourth-order valence-electron chi connectivity index (χ4n) is 9.58. The van der Waals surface area contributed by atoms with Crippen molar-refractivity contribution in [2.45, 2.75) is 19.3 Å². The highest BCUT2D eigenvalue weighted by atomic mass is 15.1. The molecule has 1 aliphatic carbocycles. The average Bonchev–Trinajstić information content (AvgIpc) is 3.55. The summed E-state index contributed by atoms with van der Waals surface area (Å²) in [5, 5.41) is 5.05. The molecule has 0 radical (unpaired) electrons. The van der Waals surface area contributed by atoms with Gasteiger partial charge in [-0.1, -0.05) is 208 Å². The molecule has 0 spiro atoms. The monoisotopic (exact) mass is 765 g/mol. The molecule has 0 N–H and O–H groups in total. The lowest BCUT2D eigenvalue weighted by molar-refractivity contribution is 0.660.